The molecule has 0 atom stereocenters. The first-order valence-electron chi connectivity index (χ1n) is 6.71. The highest BCUT2D eigenvalue weighted by molar-refractivity contribution is 5.83. The Kier molecular flexibility index (Phi) is 2.86. The lowest BCUT2D eigenvalue weighted by Gasteiger charge is -2.40. The number of alkyl halides is 2. The van der Waals surface area contributed by atoms with Gasteiger partial charge >= 0.3 is 0 Å². The van der Waals surface area contributed by atoms with Gasteiger partial charge in [0.15, 0.2) is 0 Å². The fraction of sp³-hybridized carbons (Fsp3) is 0.467. The molecular weight excluding hydrogens is 246 g/mol. The molecule has 3 N–H and O–H groups in total. The Hall–Kier alpha value is -1.42. The van der Waals surface area contributed by atoms with Crippen LogP contribution in [-0.4, -0.2) is 17.5 Å². The number of fused-ring (bicyclic) bond motifs is 1. The predicted molar refractivity (Wildman–Crippen MR) is 72.4 cm³/mol. The van der Waals surface area contributed by atoms with E-state index in [1.54, 1.807) is 0 Å². The zero-order valence-corrected chi connectivity index (χ0v) is 10.8. The number of nitrogens with one attached hydrogen (secondary N) is 1. The molecule has 1 fully saturated rings. The van der Waals surface area contributed by atoms with Gasteiger partial charge in [-0.15, -0.1) is 0 Å². The van der Waals surface area contributed by atoms with Gasteiger partial charge in [0.2, 0.25) is 5.92 Å². The van der Waals surface area contributed by atoms with Crippen LogP contribution in [0.2, 0.25) is 0 Å². The summed E-state index contributed by atoms with van der Waals surface area (Å²) in [6, 6.07) is 8.03. The van der Waals surface area contributed by atoms with E-state index in [1.807, 2.05) is 30.5 Å². The Labute approximate surface area is 111 Å². The highest BCUT2D eigenvalue weighted by Crippen LogP contribution is 2.46. The van der Waals surface area contributed by atoms with Crippen molar-refractivity contribution in [3.05, 3.63) is 36.0 Å². The maximum Gasteiger partial charge on any atom is 0.248 e. The number of aromatic nitrogens is 1. The smallest absolute Gasteiger partial charge is 0.248 e. The summed E-state index contributed by atoms with van der Waals surface area (Å²) in [7, 11) is 0. The van der Waals surface area contributed by atoms with Gasteiger partial charge in [-0.25, -0.2) is 8.78 Å². The summed E-state index contributed by atoms with van der Waals surface area (Å²) < 4.78 is 26.8. The van der Waals surface area contributed by atoms with Crippen LogP contribution in [0.3, 0.4) is 0 Å². The van der Waals surface area contributed by atoms with Crippen molar-refractivity contribution >= 4 is 10.9 Å². The number of halogens is 2. The molecular formula is C15H18F2N2. The average Bonchev–Trinajstić information content (AvgIpc) is 2.88. The van der Waals surface area contributed by atoms with E-state index in [-0.39, 0.29) is 18.3 Å². The summed E-state index contributed by atoms with van der Waals surface area (Å²) in [5, 5.41) is 1.11. The van der Waals surface area contributed by atoms with Gasteiger partial charge in [-0.1, -0.05) is 18.2 Å². The minimum absolute atomic E-state index is 0.0682. The molecule has 0 bridgehead atoms. The highest BCUT2D eigenvalue weighted by Gasteiger charge is 2.44. The van der Waals surface area contributed by atoms with Crippen LogP contribution in [0.4, 0.5) is 8.78 Å². The van der Waals surface area contributed by atoms with E-state index in [9.17, 15) is 8.78 Å². The third-order valence-corrected chi connectivity index (χ3v) is 4.49. The summed E-state index contributed by atoms with van der Waals surface area (Å²) in [6.07, 6.45) is 2.65. The number of hydrogen-bond acceptors (Lipinski definition) is 1. The fourth-order valence-corrected chi connectivity index (χ4v) is 3.20. The van der Waals surface area contributed by atoms with Gasteiger partial charge in [0.1, 0.15) is 0 Å². The first-order chi connectivity index (χ1) is 9.06. The molecule has 1 aliphatic carbocycles. The van der Waals surface area contributed by atoms with Crippen LogP contribution in [0.15, 0.2) is 30.5 Å². The van der Waals surface area contributed by atoms with E-state index in [0.717, 1.165) is 16.5 Å². The molecule has 3 rings (SSSR count). The molecule has 0 amide bonds. The molecule has 0 unspecified atom stereocenters. The van der Waals surface area contributed by atoms with Crippen molar-refractivity contribution in [2.24, 2.45) is 5.73 Å². The lowest BCUT2D eigenvalue weighted by atomic mass is 9.68. The van der Waals surface area contributed by atoms with E-state index in [2.05, 4.69) is 4.98 Å². The SMILES string of the molecule is NCC1(c2cccc3cc[nH]c23)CCC(F)(F)CC1. The molecule has 0 aliphatic heterocycles. The number of rotatable bonds is 2. The van der Waals surface area contributed by atoms with Gasteiger partial charge in [0.05, 0.1) is 0 Å². The zero-order valence-electron chi connectivity index (χ0n) is 10.8. The van der Waals surface area contributed by atoms with Crippen LogP contribution in [-0.2, 0) is 5.41 Å². The van der Waals surface area contributed by atoms with Gasteiger partial charge in [-0.3, -0.25) is 0 Å². The number of hydrogen-bond donors (Lipinski definition) is 2. The van der Waals surface area contributed by atoms with Crippen LogP contribution in [0, 0.1) is 0 Å². The van der Waals surface area contributed by atoms with Crippen LogP contribution >= 0.6 is 0 Å². The standard InChI is InChI=1S/C15H18F2N2/c16-15(17)7-5-14(10-18,6-8-15)12-3-1-2-11-4-9-19-13(11)12/h1-4,9,19H,5-8,10,18H2. The average molecular weight is 264 g/mol. The number of H-pyrrole nitrogens is 1. The van der Waals surface area contributed by atoms with Gasteiger partial charge in [0, 0.05) is 36.5 Å². The first-order valence-corrected chi connectivity index (χ1v) is 6.71. The van der Waals surface area contributed by atoms with Crippen LogP contribution in [0.5, 0.6) is 0 Å². The largest absolute Gasteiger partial charge is 0.361 e. The molecule has 2 nitrogen and oxygen atoms in total. The van der Waals surface area contributed by atoms with Crippen molar-refractivity contribution < 1.29 is 8.78 Å². The normalized spacial score (nSPS) is 21.6. The first kappa shape index (κ1) is 12.6. The maximum atomic E-state index is 13.4. The quantitative estimate of drug-likeness (QED) is 0.855. The Morgan fingerprint density at radius 2 is 1.84 bits per heavy atom. The van der Waals surface area contributed by atoms with E-state index in [0.29, 0.717) is 19.4 Å². The molecule has 0 radical (unpaired) electrons. The van der Waals surface area contributed by atoms with Crippen molar-refractivity contribution in [1.82, 2.24) is 4.98 Å². The molecule has 1 aromatic heterocycles. The van der Waals surface area contributed by atoms with Crippen LogP contribution in [0.1, 0.15) is 31.2 Å². The topological polar surface area (TPSA) is 41.8 Å². The number of nitrogens with two attached hydrogens (primary N) is 1. The lowest BCUT2D eigenvalue weighted by Crippen LogP contribution is -2.42. The minimum atomic E-state index is -2.53. The molecule has 2 aromatic rings. The highest BCUT2D eigenvalue weighted by atomic mass is 19.3. The molecule has 1 aliphatic rings. The van der Waals surface area contributed by atoms with Crippen molar-refractivity contribution in [2.75, 3.05) is 6.54 Å². The van der Waals surface area contributed by atoms with Crippen molar-refractivity contribution in [2.45, 2.75) is 37.0 Å². The Balaban J connectivity index is 2.05. The van der Waals surface area contributed by atoms with Crippen molar-refractivity contribution in [3.8, 4) is 0 Å². The monoisotopic (exact) mass is 264 g/mol. The van der Waals surface area contributed by atoms with Gasteiger partial charge in [-0.05, 0) is 29.9 Å². The lowest BCUT2D eigenvalue weighted by molar-refractivity contribution is -0.0507. The fourth-order valence-electron chi connectivity index (χ4n) is 3.20. The molecule has 1 heterocycles. The summed E-state index contributed by atoms with van der Waals surface area (Å²) in [6.45, 7) is 0.418. The van der Waals surface area contributed by atoms with Crippen molar-refractivity contribution in [3.63, 3.8) is 0 Å². The van der Waals surface area contributed by atoms with E-state index >= 15 is 0 Å². The van der Waals surface area contributed by atoms with Crippen LogP contribution < -0.4 is 5.73 Å². The number of aromatic amines is 1. The Morgan fingerprint density at radius 1 is 1.11 bits per heavy atom. The summed E-state index contributed by atoms with van der Waals surface area (Å²) >= 11 is 0. The third kappa shape index (κ3) is 2.04. The number of para-hydroxylation sites is 1. The third-order valence-electron chi connectivity index (χ3n) is 4.49. The summed E-state index contributed by atoms with van der Waals surface area (Å²) in [5.74, 6) is -2.53. The molecule has 102 valence electrons. The molecule has 0 spiro atoms. The molecule has 4 heteroatoms. The molecule has 0 saturated heterocycles. The summed E-state index contributed by atoms with van der Waals surface area (Å²) in [5.41, 5.74) is 7.78. The Bertz CT molecular complexity index is 579. The van der Waals surface area contributed by atoms with E-state index < -0.39 is 5.92 Å². The number of benzene rings is 1. The van der Waals surface area contributed by atoms with E-state index in [1.165, 1.54) is 0 Å². The second kappa shape index (κ2) is 4.30. The van der Waals surface area contributed by atoms with Gasteiger partial charge in [-0.2, -0.15) is 0 Å². The minimum Gasteiger partial charge on any atom is -0.361 e. The molecule has 1 saturated carbocycles. The second-order valence-corrected chi connectivity index (χ2v) is 5.59. The Morgan fingerprint density at radius 3 is 2.53 bits per heavy atom. The van der Waals surface area contributed by atoms with Gasteiger partial charge in [0.25, 0.3) is 0 Å². The van der Waals surface area contributed by atoms with Crippen LogP contribution in [0.25, 0.3) is 10.9 Å². The second-order valence-electron chi connectivity index (χ2n) is 5.59. The predicted octanol–water partition coefficient (Wildman–Crippen LogP) is 3.57. The molecule has 1 aromatic carbocycles. The zero-order chi connectivity index (χ0) is 13.5. The molecule has 19 heavy (non-hydrogen) atoms. The van der Waals surface area contributed by atoms with E-state index in [4.69, 9.17) is 5.73 Å². The van der Waals surface area contributed by atoms with Crippen molar-refractivity contribution in [1.29, 1.82) is 0 Å². The summed E-state index contributed by atoms with van der Waals surface area (Å²) in [4.78, 5) is 3.22. The van der Waals surface area contributed by atoms with Gasteiger partial charge < -0.3 is 10.7 Å². The maximum absolute atomic E-state index is 13.4.